The van der Waals surface area contributed by atoms with Gasteiger partial charge in [-0.1, -0.05) is 18.2 Å². The fourth-order valence-electron chi connectivity index (χ4n) is 4.36. The van der Waals surface area contributed by atoms with E-state index in [0.29, 0.717) is 24.3 Å². The van der Waals surface area contributed by atoms with Crippen molar-refractivity contribution in [2.45, 2.75) is 25.0 Å². The van der Waals surface area contributed by atoms with Crippen LogP contribution < -0.4 is 10.1 Å². The molecule has 10 heteroatoms. The summed E-state index contributed by atoms with van der Waals surface area (Å²) in [6.07, 6.45) is 3.68. The van der Waals surface area contributed by atoms with Crippen LogP contribution in [0.15, 0.2) is 54.9 Å². The molecule has 2 atom stereocenters. The van der Waals surface area contributed by atoms with Crippen molar-refractivity contribution in [1.29, 1.82) is 5.26 Å². The molecule has 0 aliphatic carbocycles. The summed E-state index contributed by atoms with van der Waals surface area (Å²) in [7, 11) is 0. The normalized spacial score (nSPS) is 17.4. The van der Waals surface area contributed by atoms with Gasteiger partial charge in [-0.25, -0.2) is 13.8 Å². The first-order valence-corrected chi connectivity index (χ1v) is 11.6. The van der Waals surface area contributed by atoms with Crippen molar-refractivity contribution in [2.75, 3.05) is 18.5 Å². The molecule has 5 rings (SSSR count). The molecule has 188 valence electrons. The smallest absolute Gasteiger partial charge is 0.201 e. The van der Waals surface area contributed by atoms with Crippen molar-refractivity contribution >= 4 is 22.5 Å². The van der Waals surface area contributed by atoms with E-state index in [1.54, 1.807) is 30.3 Å². The number of hydrogen-bond donors (Lipinski definition) is 3. The number of H-pyrrole nitrogens is 1. The highest BCUT2D eigenvalue weighted by Gasteiger charge is 2.28. The standard InChI is InChI=1S/C27H22F2N4O4/c28-21-8-19(37-17-4-2-1-3-5-17)9-22(29)24(21)26(35)20-12-32-27-23(20)25(15(10-30)11-31-27)33-16-6-7-18(13-34)36-14-16/h1-5,8-9,11-12,16,18,34H,6-7,13-14H2,(H2,31,32,33)/t16-,18+/m1/s1. The van der Waals surface area contributed by atoms with Gasteiger partial charge < -0.3 is 24.9 Å². The minimum absolute atomic E-state index is 0.0402. The number of aliphatic hydroxyl groups excluding tert-OH is 1. The van der Waals surface area contributed by atoms with Crippen molar-refractivity contribution in [1.82, 2.24) is 9.97 Å². The van der Waals surface area contributed by atoms with E-state index in [-0.39, 0.29) is 53.3 Å². The van der Waals surface area contributed by atoms with Crippen LogP contribution in [0.1, 0.15) is 34.3 Å². The second-order valence-electron chi connectivity index (χ2n) is 8.65. The highest BCUT2D eigenvalue weighted by molar-refractivity contribution is 6.19. The van der Waals surface area contributed by atoms with Crippen molar-refractivity contribution in [3.8, 4) is 17.6 Å². The number of aromatic nitrogens is 2. The van der Waals surface area contributed by atoms with Crippen LogP contribution in [0.5, 0.6) is 11.5 Å². The summed E-state index contributed by atoms with van der Waals surface area (Å²) in [4.78, 5) is 20.5. The second kappa shape index (κ2) is 10.3. The van der Waals surface area contributed by atoms with Gasteiger partial charge in [0, 0.05) is 30.6 Å². The molecule has 1 fully saturated rings. The van der Waals surface area contributed by atoms with Gasteiger partial charge >= 0.3 is 0 Å². The SMILES string of the molecule is N#Cc1cnc2[nH]cc(C(=O)c3c(F)cc(Oc4ccccc4)cc3F)c2c1N[C@@H]1CC[C@@H](CO)OC1. The number of carbonyl (C=O) groups is 1. The number of aromatic amines is 1. The number of anilines is 1. The molecule has 2 aromatic heterocycles. The summed E-state index contributed by atoms with van der Waals surface area (Å²) in [6.45, 7) is 0.193. The Balaban J connectivity index is 1.50. The van der Waals surface area contributed by atoms with Crippen LogP contribution in [-0.2, 0) is 4.74 Å². The predicted octanol–water partition coefficient (Wildman–Crippen LogP) is 4.69. The Morgan fingerprint density at radius 3 is 2.62 bits per heavy atom. The molecule has 0 saturated carbocycles. The number of hydrogen-bond acceptors (Lipinski definition) is 7. The third-order valence-electron chi connectivity index (χ3n) is 6.21. The molecule has 0 radical (unpaired) electrons. The highest BCUT2D eigenvalue weighted by Crippen LogP contribution is 2.34. The largest absolute Gasteiger partial charge is 0.457 e. The Labute approximate surface area is 210 Å². The lowest BCUT2D eigenvalue weighted by molar-refractivity contribution is -0.0223. The van der Waals surface area contributed by atoms with Gasteiger partial charge in [-0.05, 0) is 25.0 Å². The maximum absolute atomic E-state index is 15.1. The molecule has 0 unspecified atom stereocenters. The van der Waals surface area contributed by atoms with Crippen LogP contribution in [0.2, 0.25) is 0 Å². The minimum atomic E-state index is -1.08. The molecule has 0 amide bonds. The number of ether oxygens (including phenoxy) is 2. The molecule has 37 heavy (non-hydrogen) atoms. The summed E-state index contributed by atoms with van der Waals surface area (Å²) >= 11 is 0. The molecule has 8 nitrogen and oxygen atoms in total. The highest BCUT2D eigenvalue weighted by atomic mass is 19.1. The quantitative estimate of drug-likeness (QED) is 0.312. The minimum Gasteiger partial charge on any atom is -0.457 e. The summed E-state index contributed by atoms with van der Waals surface area (Å²) in [5.41, 5.74) is -0.0290. The molecule has 3 N–H and O–H groups in total. The Hall–Kier alpha value is -4.33. The monoisotopic (exact) mass is 504 g/mol. The van der Waals surface area contributed by atoms with E-state index in [1.807, 2.05) is 0 Å². The van der Waals surface area contributed by atoms with Crippen molar-refractivity contribution in [3.05, 3.63) is 83.2 Å². The van der Waals surface area contributed by atoms with E-state index in [2.05, 4.69) is 21.4 Å². The molecule has 2 aromatic carbocycles. The van der Waals surface area contributed by atoms with Crippen LogP contribution in [0.3, 0.4) is 0 Å². The second-order valence-corrected chi connectivity index (χ2v) is 8.65. The van der Waals surface area contributed by atoms with E-state index >= 15 is 8.78 Å². The molecule has 1 aliphatic rings. The average molecular weight is 504 g/mol. The molecule has 0 spiro atoms. The Bertz CT molecular complexity index is 1470. The topological polar surface area (TPSA) is 120 Å². The zero-order valence-electron chi connectivity index (χ0n) is 19.5. The third-order valence-corrected chi connectivity index (χ3v) is 6.21. The number of aliphatic hydroxyl groups is 1. The number of halogens is 2. The van der Waals surface area contributed by atoms with Gasteiger partial charge in [0.1, 0.15) is 34.8 Å². The van der Waals surface area contributed by atoms with Gasteiger partial charge in [0.05, 0.1) is 47.1 Å². The molecular formula is C27H22F2N4O4. The van der Waals surface area contributed by atoms with Crippen molar-refractivity contribution < 1.29 is 28.2 Å². The van der Waals surface area contributed by atoms with Crippen LogP contribution in [0.25, 0.3) is 11.0 Å². The van der Waals surface area contributed by atoms with Crippen LogP contribution in [0, 0.1) is 23.0 Å². The number of nitrogens with zero attached hydrogens (tertiary/aromatic N) is 2. The summed E-state index contributed by atoms with van der Waals surface area (Å²) in [5, 5.41) is 22.5. The van der Waals surface area contributed by atoms with Gasteiger partial charge in [-0.15, -0.1) is 0 Å². The lowest BCUT2D eigenvalue weighted by Gasteiger charge is -2.29. The average Bonchev–Trinajstić information content (AvgIpc) is 3.34. The van der Waals surface area contributed by atoms with Gasteiger partial charge in [0.15, 0.2) is 0 Å². The number of pyridine rings is 1. The van der Waals surface area contributed by atoms with E-state index in [1.165, 1.54) is 12.4 Å². The molecule has 3 heterocycles. The molecular weight excluding hydrogens is 482 g/mol. The fourth-order valence-corrected chi connectivity index (χ4v) is 4.36. The van der Waals surface area contributed by atoms with Gasteiger partial charge in [-0.3, -0.25) is 4.79 Å². The first-order chi connectivity index (χ1) is 18.0. The van der Waals surface area contributed by atoms with Gasteiger partial charge in [-0.2, -0.15) is 5.26 Å². The lowest BCUT2D eigenvalue weighted by Crippen LogP contribution is -2.36. The van der Waals surface area contributed by atoms with Crippen LogP contribution >= 0.6 is 0 Å². The molecule has 4 aromatic rings. The number of para-hydroxylation sites is 1. The van der Waals surface area contributed by atoms with Gasteiger partial charge in [0.2, 0.25) is 5.78 Å². The predicted molar refractivity (Wildman–Crippen MR) is 131 cm³/mol. The number of nitriles is 1. The van der Waals surface area contributed by atoms with Gasteiger partial charge in [0.25, 0.3) is 0 Å². The molecule has 1 saturated heterocycles. The van der Waals surface area contributed by atoms with Crippen LogP contribution in [0.4, 0.5) is 14.5 Å². The maximum Gasteiger partial charge on any atom is 0.201 e. The van der Waals surface area contributed by atoms with Crippen molar-refractivity contribution in [3.63, 3.8) is 0 Å². The number of carbonyl (C=O) groups excluding carboxylic acids is 1. The number of nitrogens with one attached hydrogen (secondary N) is 2. The Morgan fingerprint density at radius 1 is 1.22 bits per heavy atom. The zero-order valence-corrected chi connectivity index (χ0v) is 19.5. The fraction of sp³-hybridized carbons (Fsp3) is 0.222. The van der Waals surface area contributed by atoms with E-state index in [0.717, 1.165) is 12.1 Å². The Morgan fingerprint density at radius 2 is 1.97 bits per heavy atom. The number of ketones is 1. The molecule has 0 bridgehead atoms. The number of benzene rings is 2. The molecule has 1 aliphatic heterocycles. The zero-order chi connectivity index (χ0) is 25.9. The first kappa shape index (κ1) is 24.4. The summed E-state index contributed by atoms with van der Waals surface area (Å²) in [6, 6.07) is 12.2. The number of fused-ring (bicyclic) bond motifs is 1. The lowest BCUT2D eigenvalue weighted by atomic mass is 9.99. The van der Waals surface area contributed by atoms with Crippen LogP contribution in [-0.4, -0.2) is 46.2 Å². The van der Waals surface area contributed by atoms with Crippen molar-refractivity contribution in [2.24, 2.45) is 0 Å². The van der Waals surface area contributed by atoms with E-state index < -0.39 is 23.0 Å². The first-order valence-electron chi connectivity index (χ1n) is 11.6. The Kier molecular flexibility index (Phi) is 6.81. The summed E-state index contributed by atoms with van der Waals surface area (Å²) < 4.78 is 41.3. The third kappa shape index (κ3) is 4.87. The van der Waals surface area contributed by atoms with E-state index in [9.17, 15) is 15.2 Å². The number of rotatable bonds is 7. The summed E-state index contributed by atoms with van der Waals surface area (Å²) in [5.74, 6) is -2.78. The maximum atomic E-state index is 15.1. The van der Waals surface area contributed by atoms with E-state index in [4.69, 9.17) is 9.47 Å².